The van der Waals surface area contributed by atoms with Crippen LogP contribution in [0, 0.1) is 11.8 Å². The molecule has 0 radical (unpaired) electrons. The van der Waals surface area contributed by atoms with Gasteiger partial charge in [-0.15, -0.1) is 0 Å². The summed E-state index contributed by atoms with van der Waals surface area (Å²) in [5.41, 5.74) is 0. The average Bonchev–Trinajstić information content (AvgIpc) is 2.26. The van der Waals surface area contributed by atoms with Gasteiger partial charge in [0.15, 0.2) is 0 Å². The van der Waals surface area contributed by atoms with E-state index in [2.05, 4.69) is 0 Å². The van der Waals surface area contributed by atoms with E-state index in [1.807, 2.05) is 0 Å². The standard InChI is InChI=1S/C12H17F3O2/c1-2-17-11(16)8-5-9-3-6-10(7-4-9)12(13,14)15/h5,8-10H,2-4,6-7H2,1H3/b8-5+. The first-order valence-electron chi connectivity index (χ1n) is 5.85. The fourth-order valence-electron chi connectivity index (χ4n) is 2.04. The summed E-state index contributed by atoms with van der Waals surface area (Å²) in [5, 5.41) is 0. The van der Waals surface area contributed by atoms with Crippen LogP contribution in [0.15, 0.2) is 12.2 Å². The predicted molar refractivity (Wildman–Crippen MR) is 57.3 cm³/mol. The molecule has 0 aromatic carbocycles. The molecule has 0 aromatic heterocycles. The summed E-state index contributed by atoms with van der Waals surface area (Å²) in [6.07, 6.45) is 0.200. The molecule has 0 bridgehead atoms. The molecule has 0 N–H and O–H groups in total. The van der Waals surface area contributed by atoms with Gasteiger partial charge >= 0.3 is 12.1 Å². The minimum atomic E-state index is -4.07. The van der Waals surface area contributed by atoms with Gasteiger partial charge in [-0.25, -0.2) is 4.79 Å². The van der Waals surface area contributed by atoms with Crippen LogP contribution in [-0.2, 0) is 9.53 Å². The topological polar surface area (TPSA) is 26.3 Å². The highest BCUT2D eigenvalue weighted by Crippen LogP contribution is 2.39. The third-order valence-corrected chi connectivity index (χ3v) is 3.03. The fraction of sp³-hybridized carbons (Fsp3) is 0.750. The summed E-state index contributed by atoms with van der Waals surface area (Å²) >= 11 is 0. The number of carbonyl (C=O) groups excluding carboxylic acids is 1. The van der Waals surface area contributed by atoms with E-state index >= 15 is 0 Å². The Labute approximate surface area is 98.8 Å². The van der Waals surface area contributed by atoms with Gasteiger partial charge in [-0.3, -0.25) is 0 Å². The molecule has 0 spiro atoms. The predicted octanol–water partition coefficient (Wildman–Crippen LogP) is 3.47. The lowest BCUT2D eigenvalue weighted by atomic mass is 9.81. The van der Waals surface area contributed by atoms with Gasteiger partial charge in [0.05, 0.1) is 12.5 Å². The van der Waals surface area contributed by atoms with E-state index in [0.29, 0.717) is 19.4 Å². The molecule has 1 rings (SSSR count). The highest BCUT2D eigenvalue weighted by Gasteiger charge is 2.40. The number of esters is 1. The Hall–Kier alpha value is -1.00. The molecule has 1 saturated carbocycles. The molecular formula is C12H17F3O2. The monoisotopic (exact) mass is 250 g/mol. The molecule has 1 aliphatic rings. The Balaban J connectivity index is 2.35. The normalized spacial score (nSPS) is 26.1. The van der Waals surface area contributed by atoms with Crippen LogP contribution in [0.5, 0.6) is 0 Å². The summed E-state index contributed by atoms with van der Waals surface area (Å²) in [5.74, 6) is -1.53. The lowest BCUT2D eigenvalue weighted by Crippen LogP contribution is -2.27. The Morgan fingerprint density at radius 2 is 1.88 bits per heavy atom. The Morgan fingerprint density at radius 3 is 2.35 bits per heavy atom. The molecule has 0 saturated heterocycles. The molecule has 1 aliphatic carbocycles. The van der Waals surface area contributed by atoms with Crippen molar-refractivity contribution in [1.82, 2.24) is 0 Å². The molecule has 1 fully saturated rings. The molecule has 0 heterocycles. The van der Waals surface area contributed by atoms with E-state index in [1.165, 1.54) is 6.08 Å². The molecule has 17 heavy (non-hydrogen) atoms. The second-order valence-corrected chi connectivity index (χ2v) is 4.26. The highest BCUT2D eigenvalue weighted by atomic mass is 19.4. The first-order chi connectivity index (χ1) is 7.93. The van der Waals surface area contributed by atoms with Crippen LogP contribution >= 0.6 is 0 Å². The molecule has 0 aliphatic heterocycles. The number of hydrogen-bond donors (Lipinski definition) is 0. The molecule has 0 atom stereocenters. The zero-order chi connectivity index (χ0) is 12.9. The minimum absolute atomic E-state index is 0.0676. The van der Waals surface area contributed by atoms with Gasteiger partial charge in [0.25, 0.3) is 0 Å². The van der Waals surface area contributed by atoms with Crippen molar-refractivity contribution in [3.8, 4) is 0 Å². The number of ether oxygens (including phenoxy) is 1. The molecule has 0 amide bonds. The first-order valence-corrected chi connectivity index (χ1v) is 5.85. The highest BCUT2D eigenvalue weighted by molar-refractivity contribution is 5.81. The van der Waals surface area contributed by atoms with Crippen LogP contribution in [0.4, 0.5) is 13.2 Å². The van der Waals surface area contributed by atoms with Crippen molar-refractivity contribution in [3.05, 3.63) is 12.2 Å². The van der Waals surface area contributed by atoms with Crippen molar-refractivity contribution >= 4 is 5.97 Å². The van der Waals surface area contributed by atoms with Gasteiger partial charge in [0.2, 0.25) is 0 Å². The van der Waals surface area contributed by atoms with E-state index in [1.54, 1.807) is 13.0 Å². The molecular weight excluding hydrogens is 233 g/mol. The fourth-order valence-corrected chi connectivity index (χ4v) is 2.04. The van der Waals surface area contributed by atoms with Crippen LogP contribution in [0.3, 0.4) is 0 Å². The van der Waals surface area contributed by atoms with Gasteiger partial charge in [0, 0.05) is 6.08 Å². The van der Waals surface area contributed by atoms with E-state index in [9.17, 15) is 18.0 Å². The van der Waals surface area contributed by atoms with Gasteiger partial charge in [-0.1, -0.05) is 6.08 Å². The summed E-state index contributed by atoms with van der Waals surface area (Å²) in [6.45, 7) is 2.02. The summed E-state index contributed by atoms with van der Waals surface area (Å²) in [7, 11) is 0. The molecule has 2 nitrogen and oxygen atoms in total. The van der Waals surface area contributed by atoms with Crippen LogP contribution in [-0.4, -0.2) is 18.8 Å². The maximum absolute atomic E-state index is 12.4. The van der Waals surface area contributed by atoms with Gasteiger partial charge in [0.1, 0.15) is 0 Å². The third kappa shape index (κ3) is 4.79. The summed E-state index contributed by atoms with van der Waals surface area (Å²) in [6, 6.07) is 0. The summed E-state index contributed by atoms with van der Waals surface area (Å²) < 4.78 is 41.9. The SMILES string of the molecule is CCOC(=O)/C=C/C1CCC(C(F)(F)F)CC1. The third-order valence-electron chi connectivity index (χ3n) is 3.03. The molecule has 5 heteroatoms. The Morgan fingerprint density at radius 1 is 1.29 bits per heavy atom. The largest absolute Gasteiger partial charge is 0.463 e. The number of rotatable bonds is 3. The van der Waals surface area contributed by atoms with E-state index in [0.717, 1.165) is 0 Å². The maximum atomic E-state index is 12.4. The zero-order valence-corrected chi connectivity index (χ0v) is 9.80. The van der Waals surface area contributed by atoms with Gasteiger partial charge in [-0.2, -0.15) is 13.2 Å². The number of allylic oxidation sites excluding steroid dienone is 1. The molecule has 98 valence electrons. The quantitative estimate of drug-likeness (QED) is 0.566. The Kier molecular flexibility index (Phi) is 5.02. The van der Waals surface area contributed by atoms with E-state index < -0.39 is 18.1 Å². The molecule has 0 unspecified atom stereocenters. The second-order valence-electron chi connectivity index (χ2n) is 4.26. The number of hydrogen-bond acceptors (Lipinski definition) is 2. The van der Waals surface area contributed by atoms with E-state index in [-0.39, 0.29) is 18.8 Å². The van der Waals surface area contributed by atoms with Crippen molar-refractivity contribution in [3.63, 3.8) is 0 Å². The van der Waals surface area contributed by atoms with Gasteiger partial charge in [-0.05, 0) is 38.5 Å². The van der Waals surface area contributed by atoms with Crippen LogP contribution in [0.25, 0.3) is 0 Å². The Bertz CT molecular complexity index is 276. The van der Waals surface area contributed by atoms with Crippen LogP contribution < -0.4 is 0 Å². The van der Waals surface area contributed by atoms with Crippen molar-refractivity contribution in [2.24, 2.45) is 11.8 Å². The van der Waals surface area contributed by atoms with Crippen LogP contribution in [0.2, 0.25) is 0 Å². The number of carbonyl (C=O) groups is 1. The smallest absolute Gasteiger partial charge is 0.391 e. The van der Waals surface area contributed by atoms with Crippen LogP contribution in [0.1, 0.15) is 32.6 Å². The zero-order valence-electron chi connectivity index (χ0n) is 9.80. The second kappa shape index (κ2) is 6.07. The van der Waals surface area contributed by atoms with E-state index in [4.69, 9.17) is 4.74 Å². The van der Waals surface area contributed by atoms with Crippen molar-refractivity contribution in [1.29, 1.82) is 0 Å². The lowest BCUT2D eigenvalue weighted by molar-refractivity contribution is -0.183. The number of halogens is 3. The average molecular weight is 250 g/mol. The first kappa shape index (κ1) is 14.1. The summed E-state index contributed by atoms with van der Waals surface area (Å²) in [4.78, 5) is 11.0. The van der Waals surface area contributed by atoms with Crippen molar-refractivity contribution in [2.75, 3.05) is 6.61 Å². The maximum Gasteiger partial charge on any atom is 0.391 e. The lowest BCUT2D eigenvalue weighted by Gasteiger charge is -2.28. The minimum Gasteiger partial charge on any atom is -0.463 e. The van der Waals surface area contributed by atoms with Gasteiger partial charge < -0.3 is 4.74 Å². The van der Waals surface area contributed by atoms with Crippen molar-refractivity contribution in [2.45, 2.75) is 38.8 Å². The van der Waals surface area contributed by atoms with Crippen molar-refractivity contribution < 1.29 is 22.7 Å². The number of alkyl halides is 3. The molecule has 0 aromatic rings.